The first-order valence-electron chi connectivity index (χ1n) is 32.1. The van der Waals surface area contributed by atoms with Crippen molar-refractivity contribution in [1.29, 1.82) is 0 Å². The van der Waals surface area contributed by atoms with Gasteiger partial charge in [-0.1, -0.05) is 254 Å². The van der Waals surface area contributed by atoms with Crippen LogP contribution in [0, 0.1) is 0 Å². The van der Waals surface area contributed by atoms with Gasteiger partial charge in [0.15, 0.2) is 23.0 Å². The number of ether oxygens (including phenoxy) is 6. The molecule has 5 rings (SSSR count). The normalized spacial score (nSPS) is 11.6. The van der Waals surface area contributed by atoms with Crippen molar-refractivity contribution in [3.05, 3.63) is 141 Å². The summed E-state index contributed by atoms with van der Waals surface area (Å²) in [6.45, 7) is 17.3. The van der Waals surface area contributed by atoms with Gasteiger partial charge in [-0.15, -0.1) is 0 Å². The average Bonchev–Trinajstić information content (AvgIpc) is 3.55. The lowest BCUT2D eigenvalue weighted by Crippen LogP contribution is -2.06. The third-order valence-corrected chi connectivity index (χ3v) is 14.5. The van der Waals surface area contributed by atoms with E-state index in [1.807, 2.05) is 12.1 Å². The fraction of sp³-hybridized carbons (Fsp3) is 0.480. The van der Waals surface area contributed by atoms with E-state index in [0.29, 0.717) is 45.2 Å². The molecule has 0 heterocycles. The molecule has 0 unspecified atom stereocenters. The van der Waals surface area contributed by atoms with E-state index in [9.17, 15) is 4.79 Å². The van der Waals surface area contributed by atoms with Crippen molar-refractivity contribution in [2.75, 3.05) is 39.6 Å². The van der Waals surface area contributed by atoms with Gasteiger partial charge in [0.05, 0.1) is 39.6 Å². The summed E-state index contributed by atoms with van der Waals surface area (Å²) in [5.74, 6) is 4.48. The Balaban J connectivity index is 1.27. The maximum Gasteiger partial charge on any atom is 0.203 e. The van der Waals surface area contributed by atoms with Gasteiger partial charge in [0.2, 0.25) is 11.5 Å². The Morgan fingerprint density at radius 1 is 0.244 bits per heavy atom. The Labute approximate surface area is 496 Å². The van der Waals surface area contributed by atoms with Crippen molar-refractivity contribution < 1.29 is 33.2 Å². The molecule has 0 bridgehead atoms. The van der Waals surface area contributed by atoms with Gasteiger partial charge in [-0.2, -0.15) is 0 Å². The van der Waals surface area contributed by atoms with Crippen LogP contribution in [0.15, 0.2) is 91.0 Å². The number of benzene rings is 5. The van der Waals surface area contributed by atoms with Crippen LogP contribution in [0.5, 0.6) is 34.5 Å². The Hall–Kier alpha value is -6.47. The maximum absolute atomic E-state index is 12.1. The highest BCUT2D eigenvalue weighted by molar-refractivity contribution is 5.83. The molecule has 5 aromatic rings. The lowest BCUT2D eigenvalue weighted by atomic mass is 10.0. The van der Waals surface area contributed by atoms with Gasteiger partial charge in [0.1, 0.15) is 6.29 Å². The standard InChI is InChI=1S/C75H102O7/c1-7-13-19-25-47-77-70-56-67(57-71(78-48-26-20-14-8-2)74(70)81-51-29-23-17-11-5)45-41-63-35-31-61(32-36-63)39-43-65-53-66(55-69(54-65)60-76)44-40-62-33-37-64(38-34-62)42-46-68-58-72(79-49-27-21-15-9-3)75(82-52-30-24-18-12-6)73(59-68)80-50-28-22-16-10-4/h31-46,53-60H,7-30,47-52H2,1-6H3/b43-39+,44-40+,45-41+,46-42+. The predicted molar refractivity (Wildman–Crippen MR) is 351 cm³/mol. The summed E-state index contributed by atoms with van der Waals surface area (Å²) in [6.07, 6.45) is 45.1. The Morgan fingerprint density at radius 2 is 0.451 bits per heavy atom. The molecule has 0 aliphatic carbocycles. The van der Waals surface area contributed by atoms with E-state index in [-0.39, 0.29) is 0 Å². The van der Waals surface area contributed by atoms with Gasteiger partial charge in [-0.25, -0.2) is 0 Å². The molecule has 7 heteroatoms. The molecule has 444 valence electrons. The summed E-state index contributed by atoms with van der Waals surface area (Å²) >= 11 is 0. The smallest absolute Gasteiger partial charge is 0.203 e. The fourth-order valence-electron chi connectivity index (χ4n) is 9.52. The van der Waals surface area contributed by atoms with E-state index in [4.69, 9.17) is 28.4 Å². The molecule has 0 radical (unpaired) electrons. The maximum atomic E-state index is 12.1. The minimum absolute atomic E-state index is 0.631. The minimum atomic E-state index is 0.631. The molecule has 0 fully saturated rings. The van der Waals surface area contributed by atoms with Crippen molar-refractivity contribution in [3.8, 4) is 34.5 Å². The number of hydrogen-bond acceptors (Lipinski definition) is 7. The monoisotopic (exact) mass is 1110 g/mol. The molecule has 0 atom stereocenters. The number of carbonyl (C=O) groups is 1. The second-order valence-corrected chi connectivity index (χ2v) is 21.9. The van der Waals surface area contributed by atoms with E-state index < -0.39 is 0 Å². The molecular formula is C75H102O7. The van der Waals surface area contributed by atoms with E-state index in [0.717, 1.165) is 162 Å². The topological polar surface area (TPSA) is 72.5 Å². The van der Waals surface area contributed by atoms with Crippen LogP contribution in [0.25, 0.3) is 48.6 Å². The molecular weight excluding hydrogens is 1010 g/mol. The van der Waals surface area contributed by atoms with Gasteiger partial charge < -0.3 is 28.4 Å². The summed E-state index contributed by atoms with van der Waals surface area (Å²) in [4.78, 5) is 12.1. The second kappa shape index (κ2) is 41.5. The molecule has 0 N–H and O–H groups in total. The molecule has 7 nitrogen and oxygen atoms in total. The van der Waals surface area contributed by atoms with Crippen LogP contribution >= 0.6 is 0 Å². The number of aldehydes is 1. The molecule has 0 aliphatic heterocycles. The quantitative estimate of drug-likeness (QED) is 0.0218. The van der Waals surface area contributed by atoms with Crippen LogP contribution in [0.4, 0.5) is 0 Å². The summed E-state index contributed by atoms with van der Waals surface area (Å²) in [6, 6.07) is 31.4. The highest BCUT2D eigenvalue weighted by Crippen LogP contribution is 2.42. The van der Waals surface area contributed by atoms with Crippen LogP contribution in [0.1, 0.15) is 251 Å². The molecule has 0 saturated heterocycles. The van der Waals surface area contributed by atoms with Crippen LogP contribution in [-0.4, -0.2) is 45.9 Å². The third-order valence-electron chi connectivity index (χ3n) is 14.5. The molecule has 0 aromatic heterocycles. The van der Waals surface area contributed by atoms with Crippen LogP contribution in [0.2, 0.25) is 0 Å². The van der Waals surface area contributed by atoms with Gasteiger partial charge in [-0.3, -0.25) is 4.79 Å². The van der Waals surface area contributed by atoms with E-state index in [1.165, 1.54) is 77.0 Å². The van der Waals surface area contributed by atoms with Gasteiger partial charge in [-0.05, 0) is 125 Å². The van der Waals surface area contributed by atoms with E-state index in [1.54, 1.807) is 0 Å². The minimum Gasteiger partial charge on any atom is -0.490 e. The SMILES string of the molecule is CCCCCCOc1cc(/C=C/c2ccc(/C=C/c3cc(C=O)cc(/C=C/c4ccc(/C=C/c5cc(OCCCCCC)c(OCCCCCC)c(OCCCCCC)c5)cc4)c3)cc2)cc(OCCCCCC)c1OCCCCCC. The fourth-order valence-corrected chi connectivity index (χ4v) is 9.52. The first-order chi connectivity index (χ1) is 40.4. The van der Waals surface area contributed by atoms with Crippen molar-refractivity contribution in [3.63, 3.8) is 0 Å². The van der Waals surface area contributed by atoms with E-state index >= 15 is 0 Å². The zero-order valence-corrected chi connectivity index (χ0v) is 51.4. The van der Waals surface area contributed by atoms with Crippen molar-refractivity contribution in [2.24, 2.45) is 0 Å². The molecule has 82 heavy (non-hydrogen) atoms. The molecule has 0 aliphatic rings. The van der Waals surface area contributed by atoms with Crippen LogP contribution in [-0.2, 0) is 0 Å². The Bertz CT molecular complexity index is 2390. The Morgan fingerprint density at radius 3 is 0.683 bits per heavy atom. The average molecular weight is 1120 g/mol. The lowest BCUT2D eigenvalue weighted by molar-refractivity contribution is 0.112. The van der Waals surface area contributed by atoms with Gasteiger partial charge >= 0.3 is 0 Å². The number of rotatable bonds is 45. The summed E-state index contributed by atoms with van der Waals surface area (Å²) in [5.41, 5.74) is 8.86. The largest absolute Gasteiger partial charge is 0.490 e. The van der Waals surface area contributed by atoms with E-state index in [2.05, 4.69) is 169 Å². The summed E-state index contributed by atoms with van der Waals surface area (Å²) in [5, 5.41) is 0. The Kier molecular flexibility index (Phi) is 33.6. The summed E-state index contributed by atoms with van der Waals surface area (Å²) < 4.78 is 38.8. The lowest BCUT2D eigenvalue weighted by Gasteiger charge is -2.18. The third kappa shape index (κ3) is 26.2. The zero-order valence-electron chi connectivity index (χ0n) is 51.4. The van der Waals surface area contributed by atoms with Crippen molar-refractivity contribution in [2.45, 2.75) is 196 Å². The van der Waals surface area contributed by atoms with Crippen LogP contribution in [0.3, 0.4) is 0 Å². The number of unbranched alkanes of at least 4 members (excludes halogenated alkanes) is 18. The second-order valence-electron chi connectivity index (χ2n) is 21.9. The first-order valence-corrected chi connectivity index (χ1v) is 32.1. The highest BCUT2D eigenvalue weighted by atomic mass is 16.5. The predicted octanol–water partition coefficient (Wildman–Crippen LogP) is 21.9. The highest BCUT2D eigenvalue weighted by Gasteiger charge is 2.18. The number of hydrogen-bond donors (Lipinski definition) is 0. The van der Waals surface area contributed by atoms with Gasteiger partial charge in [0.25, 0.3) is 0 Å². The van der Waals surface area contributed by atoms with Gasteiger partial charge in [0, 0.05) is 5.56 Å². The van der Waals surface area contributed by atoms with Crippen LogP contribution < -0.4 is 28.4 Å². The zero-order chi connectivity index (χ0) is 58.1. The summed E-state index contributed by atoms with van der Waals surface area (Å²) in [7, 11) is 0. The van der Waals surface area contributed by atoms with Crippen molar-refractivity contribution in [1.82, 2.24) is 0 Å². The van der Waals surface area contributed by atoms with Crippen molar-refractivity contribution >= 4 is 54.9 Å². The molecule has 5 aromatic carbocycles. The number of carbonyl (C=O) groups excluding carboxylic acids is 1. The molecule has 0 amide bonds. The molecule has 0 saturated carbocycles. The first kappa shape index (κ1) is 66.3. The molecule has 0 spiro atoms.